The van der Waals surface area contributed by atoms with Crippen molar-refractivity contribution in [1.29, 1.82) is 0 Å². The van der Waals surface area contributed by atoms with Gasteiger partial charge in [-0.05, 0) is 55.0 Å². The Morgan fingerprint density at radius 1 is 1.15 bits per heavy atom. The Hall–Kier alpha value is -2.33. The molecule has 0 aliphatic rings. The Bertz CT molecular complexity index is 651. The van der Waals surface area contributed by atoms with E-state index in [9.17, 15) is 9.90 Å². The Morgan fingerprint density at radius 3 is 2.50 bits per heavy atom. The van der Waals surface area contributed by atoms with Gasteiger partial charge in [0.2, 0.25) is 0 Å². The molecule has 0 fully saturated rings. The number of hydrazone groups is 1. The maximum absolute atomic E-state index is 11.9. The number of halogens is 1. The van der Waals surface area contributed by atoms with Crippen molar-refractivity contribution in [3.05, 3.63) is 64.7 Å². The molecule has 20 heavy (non-hydrogen) atoms. The van der Waals surface area contributed by atoms with Gasteiger partial charge in [-0.25, -0.2) is 5.43 Å². The van der Waals surface area contributed by atoms with Crippen LogP contribution in [0.25, 0.3) is 0 Å². The van der Waals surface area contributed by atoms with E-state index in [4.69, 9.17) is 11.6 Å². The van der Waals surface area contributed by atoms with E-state index in [0.29, 0.717) is 16.3 Å². The average Bonchev–Trinajstić information content (AvgIpc) is 2.45. The number of amides is 1. The molecule has 0 saturated carbocycles. The number of phenols is 1. The SMILES string of the molecule is CC(=NNC(=O)c1cccc(Cl)c1)c1ccc(O)cc1. The minimum absolute atomic E-state index is 0.185. The van der Waals surface area contributed by atoms with Gasteiger partial charge in [-0.15, -0.1) is 0 Å². The molecule has 0 bridgehead atoms. The van der Waals surface area contributed by atoms with Crippen LogP contribution < -0.4 is 5.43 Å². The van der Waals surface area contributed by atoms with Crippen LogP contribution in [0.1, 0.15) is 22.8 Å². The third-order valence-electron chi connectivity index (χ3n) is 2.70. The van der Waals surface area contributed by atoms with Crippen LogP contribution in [-0.4, -0.2) is 16.7 Å². The second kappa shape index (κ2) is 6.21. The van der Waals surface area contributed by atoms with Gasteiger partial charge in [0.15, 0.2) is 0 Å². The number of benzene rings is 2. The van der Waals surface area contributed by atoms with E-state index in [1.165, 1.54) is 0 Å². The summed E-state index contributed by atoms with van der Waals surface area (Å²) in [4.78, 5) is 11.9. The fourth-order valence-corrected chi connectivity index (χ4v) is 1.79. The number of nitrogens with zero attached hydrogens (tertiary/aromatic N) is 1. The van der Waals surface area contributed by atoms with E-state index in [2.05, 4.69) is 10.5 Å². The molecule has 0 unspecified atom stereocenters. The highest BCUT2D eigenvalue weighted by Gasteiger charge is 2.05. The highest BCUT2D eigenvalue weighted by Crippen LogP contribution is 2.11. The predicted molar refractivity (Wildman–Crippen MR) is 79.2 cm³/mol. The van der Waals surface area contributed by atoms with E-state index >= 15 is 0 Å². The van der Waals surface area contributed by atoms with Gasteiger partial charge < -0.3 is 5.11 Å². The molecule has 0 spiro atoms. The predicted octanol–water partition coefficient (Wildman–Crippen LogP) is 3.20. The number of carbonyl (C=O) groups excluding carboxylic acids is 1. The lowest BCUT2D eigenvalue weighted by Gasteiger charge is -2.03. The summed E-state index contributed by atoms with van der Waals surface area (Å²) in [5, 5.41) is 13.7. The number of aromatic hydroxyl groups is 1. The maximum Gasteiger partial charge on any atom is 0.271 e. The molecule has 4 nitrogen and oxygen atoms in total. The summed E-state index contributed by atoms with van der Waals surface area (Å²) in [6.45, 7) is 1.77. The zero-order chi connectivity index (χ0) is 14.5. The van der Waals surface area contributed by atoms with Gasteiger partial charge >= 0.3 is 0 Å². The first-order valence-electron chi connectivity index (χ1n) is 5.96. The van der Waals surface area contributed by atoms with Gasteiger partial charge in [-0.2, -0.15) is 5.10 Å². The van der Waals surface area contributed by atoms with E-state index < -0.39 is 0 Å². The van der Waals surface area contributed by atoms with Crippen LogP contribution in [0.15, 0.2) is 53.6 Å². The minimum atomic E-state index is -0.328. The van der Waals surface area contributed by atoms with Crippen LogP contribution in [0.5, 0.6) is 5.75 Å². The van der Waals surface area contributed by atoms with Gasteiger partial charge in [0.25, 0.3) is 5.91 Å². The number of phenolic OH excluding ortho intramolecular Hbond substituents is 1. The van der Waals surface area contributed by atoms with Crippen molar-refractivity contribution in [2.45, 2.75) is 6.92 Å². The van der Waals surface area contributed by atoms with Crippen molar-refractivity contribution in [3.63, 3.8) is 0 Å². The summed E-state index contributed by atoms with van der Waals surface area (Å²) in [6, 6.07) is 13.2. The topological polar surface area (TPSA) is 61.7 Å². The van der Waals surface area contributed by atoms with Gasteiger partial charge in [0.1, 0.15) is 5.75 Å². The van der Waals surface area contributed by atoms with Crippen molar-refractivity contribution in [3.8, 4) is 5.75 Å². The van der Waals surface area contributed by atoms with Crippen LogP contribution >= 0.6 is 11.6 Å². The number of carbonyl (C=O) groups is 1. The fourth-order valence-electron chi connectivity index (χ4n) is 1.60. The minimum Gasteiger partial charge on any atom is -0.508 e. The van der Waals surface area contributed by atoms with Crippen molar-refractivity contribution in [2.75, 3.05) is 0 Å². The first kappa shape index (κ1) is 14.1. The number of rotatable bonds is 3. The molecule has 2 rings (SSSR count). The molecule has 2 aromatic carbocycles. The lowest BCUT2D eigenvalue weighted by atomic mass is 10.1. The van der Waals surface area contributed by atoms with Crippen LogP contribution in [0.4, 0.5) is 0 Å². The van der Waals surface area contributed by atoms with Crippen LogP contribution in [0.2, 0.25) is 5.02 Å². The summed E-state index contributed by atoms with van der Waals surface area (Å²) in [5.74, 6) is -0.143. The Labute approximate surface area is 121 Å². The molecule has 0 aliphatic carbocycles. The van der Waals surface area contributed by atoms with Gasteiger partial charge in [-0.3, -0.25) is 4.79 Å². The van der Waals surface area contributed by atoms with Crippen molar-refractivity contribution >= 4 is 23.2 Å². The molecule has 0 atom stereocenters. The summed E-state index contributed by atoms with van der Waals surface area (Å²) >= 11 is 5.82. The average molecular weight is 289 g/mol. The summed E-state index contributed by atoms with van der Waals surface area (Å²) in [5.41, 5.74) is 4.36. The molecule has 0 aromatic heterocycles. The van der Waals surface area contributed by atoms with Crippen LogP contribution in [0, 0.1) is 0 Å². The highest BCUT2D eigenvalue weighted by atomic mass is 35.5. The molecule has 2 aromatic rings. The lowest BCUT2D eigenvalue weighted by molar-refractivity contribution is 0.0955. The summed E-state index contributed by atoms with van der Waals surface area (Å²) < 4.78 is 0. The maximum atomic E-state index is 11.9. The first-order chi connectivity index (χ1) is 9.56. The molecule has 0 heterocycles. The van der Waals surface area contributed by atoms with Gasteiger partial charge in [0, 0.05) is 10.6 Å². The Morgan fingerprint density at radius 2 is 1.85 bits per heavy atom. The third-order valence-corrected chi connectivity index (χ3v) is 2.93. The van der Waals surface area contributed by atoms with E-state index in [1.807, 2.05) is 0 Å². The summed E-state index contributed by atoms with van der Waals surface area (Å²) in [7, 11) is 0. The summed E-state index contributed by atoms with van der Waals surface area (Å²) in [6.07, 6.45) is 0. The molecular weight excluding hydrogens is 276 g/mol. The molecule has 0 radical (unpaired) electrons. The second-order valence-corrected chi connectivity index (χ2v) is 4.63. The van der Waals surface area contributed by atoms with Crippen LogP contribution in [0.3, 0.4) is 0 Å². The standard InChI is InChI=1S/C15H13ClN2O2/c1-10(11-5-7-14(19)8-6-11)17-18-15(20)12-3-2-4-13(16)9-12/h2-9,19H,1H3,(H,18,20). The molecule has 1 amide bonds. The van der Waals surface area contributed by atoms with Crippen molar-refractivity contribution in [1.82, 2.24) is 5.43 Å². The van der Waals surface area contributed by atoms with Crippen LogP contribution in [-0.2, 0) is 0 Å². The largest absolute Gasteiger partial charge is 0.508 e. The molecule has 2 N–H and O–H groups in total. The van der Waals surface area contributed by atoms with E-state index in [0.717, 1.165) is 5.56 Å². The number of nitrogens with one attached hydrogen (secondary N) is 1. The molecular formula is C15H13ClN2O2. The quantitative estimate of drug-likeness (QED) is 0.673. The first-order valence-corrected chi connectivity index (χ1v) is 6.33. The monoisotopic (exact) mass is 288 g/mol. The van der Waals surface area contributed by atoms with Crippen molar-refractivity contribution in [2.24, 2.45) is 5.10 Å². The molecule has 0 aliphatic heterocycles. The number of hydrogen-bond acceptors (Lipinski definition) is 3. The molecule has 102 valence electrons. The fraction of sp³-hybridized carbons (Fsp3) is 0.0667. The van der Waals surface area contributed by atoms with E-state index in [1.54, 1.807) is 55.5 Å². The highest BCUT2D eigenvalue weighted by molar-refractivity contribution is 6.30. The Balaban J connectivity index is 2.08. The van der Waals surface area contributed by atoms with Gasteiger partial charge in [0.05, 0.1) is 5.71 Å². The molecule has 5 heteroatoms. The lowest BCUT2D eigenvalue weighted by Crippen LogP contribution is -2.19. The van der Waals surface area contributed by atoms with Gasteiger partial charge in [-0.1, -0.05) is 17.7 Å². The molecule has 0 saturated heterocycles. The number of hydrogen-bond donors (Lipinski definition) is 2. The second-order valence-electron chi connectivity index (χ2n) is 4.20. The zero-order valence-corrected chi connectivity index (χ0v) is 11.6. The van der Waals surface area contributed by atoms with E-state index in [-0.39, 0.29) is 11.7 Å². The van der Waals surface area contributed by atoms with Crippen molar-refractivity contribution < 1.29 is 9.90 Å². The third kappa shape index (κ3) is 3.59. The normalized spacial score (nSPS) is 11.2. The zero-order valence-electron chi connectivity index (χ0n) is 10.8. The smallest absolute Gasteiger partial charge is 0.271 e. The Kier molecular flexibility index (Phi) is 4.38.